The molecule has 0 aromatic heterocycles. The Morgan fingerprint density at radius 1 is 1.26 bits per heavy atom. The van der Waals surface area contributed by atoms with Gasteiger partial charge >= 0.3 is 0 Å². The standard InChI is InChI=1S/C17H24N2/c1-5-7-13-17(18-15(4)10-6-2)19-16-12-9-8-11-14(16)3/h6,8-12H,5,7,13H2,1-4H3/b10-6-,18-15-,19-17+. The third kappa shape index (κ3) is 5.64. The van der Waals surface area contributed by atoms with Crippen molar-refractivity contribution in [3.63, 3.8) is 0 Å². The minimum atomic E-state index is 0.923. The number of hydrogen-bond acceptors (Lipinski definition) is 1. The molecule has 102 valence electrons. The zero-order valence-corrected chi connectivity index (χ0v) is 12.5. The van der Waals surface area contributed by atoms with Crippen LogP contribution in [-0.2, 0) is 0 Å². The number of rotatable bonds is 5. The smallest absolute Gasteiger partial charge is 0.129 e. The van der Waals surface area contributed by atoms with Crippen molar-refractivity contribution in [2.24, 2.45) is 9.98 Å². The molecule has 0 spiro atoms. The van der Waals surface area contributed by atoms with Crippen molar-refractivity contribution in [3.8, 4) is 0 Å². The molecule has 1 rings (SSSR count). The van der Waals surface area contributed by atoms with Crippen LogP contribution in [0.3, 0.4) is 0 Å². The first-order valence-corrected chi connectivity index (χ1v) is 6.98. The van der Waals surface area contributed by atoms with Crippen LogP contribution in [0.5, 0.6) is 0 Å². The van der Waals surface area contributed by atoms with Crippen molar-refractivity contribution in [2.45, 2.75) is 47.0 Å². The second kappa shape index (κ2) is 8.41. The third-order valence-corrected chi connectivity index (χ3v) is 2.83. The van der Waals surface area contributed by atoms with Gasteiger partial charge in [0.25, 0.3) is 0 Å². The lowest BCUT2D eigenvalue weighted by molar-refractivity contribution is 0.831. The molecule has 0 saturated heterocycles. The fraction of sp³-hybridized carbons (Fsp3) is 0.412. The lowest BCUT2D eigenvalue weighted by Crippen LogP contribution is -1.98. The minimum Gasteiger partial charge on any atom is -0.238 e. The van der Waals surface area contributed by atoms with Gasteiger partial charge in [0, 0.05) is 12.1 Å². The number of para-hydroxylation sites is 1. The Bertz CT molecular complexity index is 482. The van der Waals surface area contributed by atoms with Gasteiger partial charge in [0.2, 0.25) is 0 Å². The minimum absolute atomic E-state index is 0.923. The van der Waals surface area contributed by atoms with Crippen LogP contribution in [0.15, 0.2) is 46.4 Å². The van der Waals surface area contributed by atoms with E-state index in [1.807, 2.05) is 44.2 Å². The van der Waals surface area contributed by atoms with E-state index in [1.165, 1.54) is 5.56 Å². The van der Waals surface area contributed by atoms with Gasteiger partial charge in [-0.15, -0.1) is 0 Å². The average molecular weight is 256 g/mol. The molecule has 1 aromatic carbocycles. The van der Waals surface area contributed by atoms with Crippen LogP contribution < -0.4 is 0 Å². The van der Waals surface area contributed by atoms with Gasteiger partial charge in [-0.3, -0.25) is 0 Å². The first-order valence-electron chi connectivity index (χ1n) is 6.98. The predicted molar refractivity (Wildman–Crippen MR) is 85.7 cm³/mol. The molecule has 0 heterocycles. The number of hydrogen-bond donors (Lipinski definition) is 0. The van der Waals surface area contributed by atoms with Crippen LogP contribution in [0.4, 0.5) is 5.69 Å². The molecule has 0 N–H and O–H groups in total. The van der Waals surface area contributed by atoms with Crippen LogP contribution in [0.25, 0.3) is 0 Å². The highest BCUT2D eigenvalue weighted by molar-refractivity contribution is 6.03. The molecule has 2 nitrogen and oxygen atoms in total. The second-order valence-corrected chi connectivity index (χ2v) is 4.67. The first kappa shape index (κ1) is 15.4. The van der Waals surface area contributed by atoms with Crippen LogP contribution in [0.2, 0.25) is 0 Å². The zero-order chi connectivity index (χ0) is 14.1. The summed E-state index contributed by atoms with van der Waals surface area (Å²) in [6.45, 7) is 8.29. The maximum absolute atomic E-state index is 4.71. The number of nitrogens with zero attached hydrogens (tertiary/aromatic N) is 2. The Labute approximate surface area is 117 Å². The number of aliphatic imine (C=N–C) groups is 2. The van der Waals surface area contributed by atoms with Crippen molar-refractivity contribution in [3.05, 3.63) is 42.0 Å². The van der Waals surface area contributed by atoms with Crippen molar-refractivity contribution in [1.82, 2.24) is 0 Å². The summed E-state index contributed by atoms with van der Waals surface area (Å²) in [5.74, 6) is 0.923. The summed E-state index contributed by atoms with van der Waals surface area (Å²) < 4.78 is 0. The fourth-order valence-electron chi connectivity index (χ4n) is 1.78. The molecule has 0 unspecified atom stereocenters. The molecule has 0 bridgehead atoms. The second-order valence-electron chi connectivity index (χ2n) is 4.67. The number of unbranched alkanes of at least 4 members (excludes halogenated alkanes) is 1. The van der Waals surface area contributed by atoms with Gasteiger partial charge in [0.05, 0.1) is 5.69 Å². The molecule has 2 heteroatoms. The molecule has 0 atom stereocenters. The van der Waals surface area contributed by atoms with E-state index in [2.05, 4.69) is 24.9 Å². The van der Waals surface area contributed by atoms with E-state index in [1.54, 1.807) is 0 Å². The summed E-state index contributed by atoms with van der Waals surface area (Å²) in [6.07, 6.45) is 7.23. The first-order chi connectivity index (χ1) is 9.17. The van der Waals surface area contributed by atoms with Crippen LogP contribution >= 0.6 is 0 Å². The van der Waals surface area contributed by atoms with E-state index >= 15 is 0 Å². The number of allylic oxidation sites excluding steroid dienone is 2. The van der Waals surface area contributed by atoms with E-state index in [0.717, 1.165) is 36.5 Å². The molecule has 0 aliphatic rings. The maximum atomic E-state index is 4.71. The third-order valence-electron chi connectivity index (χ3n) is 2.83. The van der Waals surface area contributed by atoms with Gasteiger partial charge in [0.15, 0.2) is 0 Å². The molecular formula is C17H24N2. The monoisotopic (exact) mass is 256 g/mol. The fourth-order valence-corrected chi connectivity index (χ4v) is 1.78. The van der Waals surface area contributed by atoms with E-state index in [0.29, 0.717) is 0 Å². The van der Waals surface area contributed by atoms with Gasteiger partial charge in [-0.1, -0.05) is 37.6 Å². The maximum Gasteiger partial charge on any atom is 0.129 e. The average Bonchev–Trinajstić information content (AvgIpc) is 2.39. The van der Waals surface area contributed by atoms with Crippen molar-refractivity contribution >= 4 is 17.2 Å². The number of benzene rings is 1. The van der Waals surface area contributed by atoms with Gasteiger partial charge in [-0.2, -0.15) is 0 Å². The van der Waals surface area contributed by atoms with Gasteiger partial charge in [-0.25, -0.2) is 9.98 Å². The summed E-state index contributed by atoms with van der Waals surface area (Å²) in [4.78, 5) is 9.33. The lowest BCUT2D eigenvalue weighted by Gasteiger charge is -2.04. The molecule has 0 radical (unpaired) electrons. The van der Waals surface area contributed by atoms with E-state index < -0.39 is 0 Å². The van der Waals surface area contributed by atoms with Gasteiger partial charge in [-0.05, 0) is 44.9 Å². The van der Waals surface area contributed by atoms with E-state index in [4.69, 9.17) is 4.99 Å². The van der Waals surface area contributed by atoms with Gasteiger partial charge < -0.3 is 0 Å². The molecule has 0 aliphatic carbocycles. The summed E-state index contributed by atoms with van der Waals surface area (Å²) in [5.41, 5.74) is 3.21. The van der Waals surface area contributed by atoms with Crippen molar-refractivity contribution < 1.29 is 0 Å². The van der Waals surface area contributed by atoms with Crippen LogP contribution in [-0.4, -0.2) is 11.5 Å². The molecule has 19 heavy (non-hydrogen) atoms. The predicted octanol–water partition coefficient (Wildman–Crippen LogP) is 5.25. The van der Waals surface area contributed by atoms with Crippen molar-refractivity contribution in [2.75, 3.05) is 0 Å². The topological polar surface area (TPSA) is 24.7 Å². The lowest BCUT2D eigenvalue weighted by atomic mass is 10.2. The highest BCUT2D eigenvalue weighted by atomic mass is 14.9. The van der Waals surface area contributed by atoms with E-state index in [9.17, 15) is 0 Å². The van der Waals surface area contributed by atoms with E-state index in [-0.39, 0.29) is 0 Å². The van der Waals surface area contributed by atoms with Crippen LogP contribution in [0, 0.1) is 6.92 Å². The molecule has 0 fully saturated rings. The quantitative estimate of drug-likeness (QED) is 0.507. The molecule has 0 saturated carbocycles. The highest BCUT2D eigenvalue weighted by Crippen LogP contribution is 2.18. The Hall–Kier alpha value is -1.70. The molecular weight excluding hydrogens is 232 g/mol. The Morgan fingerprint density at radius 2 is 2.00 bits per heavy atom. The summed E-state index contributed by atoms with van der Waals surface area (Å²) in [6, 6.07) is 8.18. The summed E-state index contributed by atoms with van der Waals surface area (Å²) in [5, 5.41) is 0. The SMILES string of the molecule is C\C=C/C(C)=N\C(CCCC)=N\c1ccccc1C. The molecule has 0 aliphatic heterocycles. The zero-order valence-electron chi connectivity index (χ0n) is 12.5. The molecule has 1 aromatic rings. The number of amidine groups is 1. The van der Waals surface area contributed by atoms with Crippen LogP contribution in [0.1, 0.15) is 45.6 Å². The molecule has 0 amide bonds. The Morgan fingerprint density at radius 3 is 2.63 bits per heavy atom. The number of aryl methyl sites for hydroxylation is 1. The summed E-state index contributed by atoms with van der Waals surface area (Å²) >= 11 is 0. The normalized spacial score (nSPS) is 13.3. The Kier molecular flexibility index (Phi) is 6.80. The largest absolute Gasteiger partial charge is 0.238 e. The highest BCUT2D eigenvalue weighted by Gasteiger charge is 2.00. The Balaban J connectivity index is 3.03. The summed E-state index contributed by atoms with van der Waals surface area (Å²) in [7, 11) is 0. The van der Waals surface area contributed by atoms with Gasteiger partial charge in [0.1, 0.15) is 5.84 Å². The van der Waals surface area contributed by atoms with Crippen molar-refractivity contribution in [1.29, 1.82) is 0 Å².